The number of ether oxygens (including phenoxy) is 1. The van der Waals surface area contributed by atoms with E-state index in [9.17, 15) is 0 Å². The number of hydrogen-bond donors (Lipinski definition) is 0. The number of piperidine rings is 1. The van der Waals surface area contributed by atoms with Gasteiger partial charge in [-0.25, -0.2) is 0 Å². The molecule has 0 saturated carbocycles. The zero-order valence-corrected chi connectivity index (χ0v) is 11.1. The van der Waals surface area contributed by atoms with Gasteiger partial charge in [-0.05, 0) is 38.9 Å². The van der Waals surface area contributed by atoms with Gasteiger partial charge in [0, 0.05) is 12.1 Å². The van der Waals surface area contributed by atoms with Gasteiger partial charge in [-0.2, -0.15) is 5.26 Å². The van der Waals surface area contributed by atoms with Gasteiger partial charge >= 0.3 is 0 Å². The summed E-state index contributed by atoms with van der Waals surface area (Å²) in [5.41, 5.74) is 1.10. The molecule has 1 fully saturated rings. The summed E-state index contributed by atoms with van der Waals surface area (Å²) in [6, 6.07) is 10.6. The van der Waals surface area contributed by atoms with Crippen LogP contribution in [0.3, 0.4) is 0 Å². The summed E-state index contributed by atoms with van der Waals surface area (Å²) in [4.78, 5) is 2.40. The van der Waals surface area contributed by atoms with Crippen molar-refractivity contribution in [3.63, 3.8) is 0 Å². The van der Waals surface area contributed by atoms with Gasteiger partial charge in [0.1, 0.15) is 5.75 Å². The van der Waals surface area contributed by atoms with E-state index < -0.39 is 0 Å². The Morgan fingerprint density at radius 2 is 2.00 bits per heavy atom. The highest BCUT2D eigenvalue weighted by molar-refractivity contribution is 5.33. The SMILES string of the molecule is COc1ccccc1CN1CCC(C)(C#N)CC1. The molecular formula is C15H20N2O. The maximum Gasteiger partial charge on any atom is 0.123 e. The van der Waals surface area contributed by atoms with E-state index in [1.54, 1.807) is 7.11 Å². The fourth-order valence-electron chi connectivity index (χ4n) is 2.39. The highest BCUT2D eigenvalue weighted by atomic mass is 16.5. The number of benzene rings is 1. The lowest BCUT2D eigenvalue weighted by Crippen LogP contribution is -2.37. The molecule has 18 heavy (non-hydrogen) atoms. The first-order chi connectivity index (χ1) is 8.67. The first kappa shape index (κ1) is 12.9. The summed E-state index contributed by atoms with van der Waals surface area (Å²) < 4.78 is 5.37. The van der Waals surface area contributed by atoms with Crippen LogP contribution in [-0.4, -0.2) is 25.1 Å². The second-order valence-electron chi connectivity index (χ2n) is 5.26. The standard InChI is InChI=1S/C15H20N2O/c1-15(12-16)7-9-17(10-8-15)11-13-5-3-4-6-14(13)18-2/h3-6H,7-11H2,1-2H3. The van der Waals surface area contributed by atoms with Gasteiger partial charge in [-0.15, -0.1) is 0 Å². The van der Waals surface area contributed by atoms with Crippen LogP contribution in [-0.2, 0) is 6.54 Å². The zero-order chi connectivity index (χ0) is 13.0. The third-order valence-corrected chi connectivity index (χ3v) is 3.82. The number of hydrogen-bond acceptors (Lipinski definition) is 3. The van der Waals surface area contributed by atoms with Gasteiger partial charge < -0.3 is 4.74 Å². The molecule has 1 saturated heterocycles. The van der Waals surface area contributed by atoms with Crippen molar-refractivity contribution >= 4 is 0 Å². The van der Waals surface area contributed by atoms with Crippen molar-refractivity contribution in [1.29, 1.82) is 5.26 Å². The lowest BCUT2D eigenvalue weighted by molar-refractivity contribution is 0.149. The highest BCUT2D eigenvalue weighted by Gasteiger charge is 2.29. The number of nitriles is 1. The monoisotopic (exact) mass is 244 g/mol. The second-order valence-corrected chi connectivity index (χ2v) is 5.26. The second kappa shape index (κ2) is 5.41. The molecular weight excluding hydrogens is 224 g/mol. The van der Waals surface area contributed by atoms with Gasteiger partial charge in [0.05, 0.1) is 18.6 Å². The fraction of sp³-hybridized carbons (Fsp3) is 0.533. The number of rotatable bonds is 3. The van der Waals surface area contributed by atoms with Crippen molar-refractivity contribution in [2.24, 2.45) is 5.41 Å². The molecule has 0 radical (unpaired) electrons. The topological polar surface area (TPSA) is 36.3 Å². The molecule has 0 spiro atoms. The lowest BCUT2D eigenvalue weighted by Gasteiger charge is -2.35. The van der Waals surface area contributed by atoms with E-state index in [2.05, 4.69) is 24.0 Å². The predicted octanol–water partition coefficient (Wildman–Crippen LogP) is 2.82. The van der Waals surface area contributed by atoms with Gasteiger partial charge in [-0.1, -0.05) is 18.2 Å². The Bertz CT molecular complexity index is 442. The van der Waals surface area contributed by atoms with Crippen LogP contribution in [0.4, 0.5) is 0 Å². The van der Waals surface area contributed by atoms with E-state index in [0.717, 1.165) is 38.2 Å². The summed E-state index contributed by atoms with van der Waals surface area (Å²) in [6.45, 7) is 4.95. The van der Waals surface area contributed by atoms with Crippen molar-refractivity contribution in [3.05, 3.63) is 29.8 Å². The Kier molecular flexibility index (Phi) is 3.88. The first-order valence-electron chi connectivity index (χ1n) is 6.42. The Balaban J connectivity index is 1.98. The zero-order valence-electron chi connectivity index (χ0n) is 11.1. The number of para-hydroxylation sites is 1. The van der Waals surface area contributed by atoms with E-state index >= 15 is 0 Å². The van der Waals surface area contributed by atoms with Crippen LogP contribution in [0.15, 0.2) is 24.3 Å². The molecule has 0 N–H and O–H groups in total. The van der Waals surface area contributed by atoms with Crippen molar-refractivity contribution in [2.45, 2.75) is 26.3 Å². The normalized spacial score (nSPS) is 19.2. The number of nitrogens with zero attached hydrogens (tertiary/aromatic N) is 2. The average molecular weight is 244 g/mol. The van der Waals surface area contributed by atoms with Gasteiger partial charge in [0.25, 0.3) is 0 Å². The molecule has 2 rings (SSSR count). The fourth-order valence-corrected chi connectivity index (χ4v) is 2.39. The van der Waals surface area contributed by atoms with Crippen LogP contribution >= 0.6 is 0 Å². The summed E-state index contributed by atoms with van der Waals surface area (Å²) in [6.07, 6.45) is 1.91. The predicted molar refractivity (Wildman–Crippen MR) is 71.2 cm³/mol. The Labute approximate surface area is 109 Å². The summed E-state index contributed by atoms with van der Waals surface area (Å²) in [5, 5.41) is 9.12. The number of methoxy groups -OCH3 is 1. The third kappa shape index (κ3) is 2.83. The van der Waals surface area contributed by atoms with Gasteiger partial charge in [0.15, 0.2) is 0 Å². The van der Waals surface area contributed by atoms with E-state index in [4.69, 9.17) is 10.00 Å². The van der Waals surface area contributed by atoms with Crippen LogP contribution in [0.5, 0.6) is 5.75 Å². The molecule has 0 aliphatic carbocycles. The summed E-state index contributed by atoms with van der Waals surface area (Å²) in [5.74, 6) is 0.950. The molecule has 1 aliphatic rings. The van der Waals surface area contributed by atoms with Crippen LogP contribution in [0.2, 0.25) is 0 Å². The molecule has 0 aromatic heterocycles. The Hall–Kier alpha value is -1.53. The van der Waals surface area contributed by atoms with Gasteiger partial charge in [0.2, 0.25) is 0 Å². The van der Waals surface area contributed by atoms with Crippen LogP contribution in [0, 0.1) is 16.7 Å². The molecule has 3 heteroatoms. The quantitative estimate of drug-likeness (QED) is 0.820. The van der Waals surface area contributed by atoms with Crippen molar-refractivity contribution in [1.82, 2.24) is 4.90 Å². The van der Waals surface area contributed by atoms with E-state index in [1.165, 1.54) is 5.56 Å². The van der Waals surface area contributed by atoms with Crippen molar-refractivity contribution in [2.75, 3.05) is 20.2 Å². The molecule has 3 nitrogen and oxygen atoms in total. The highest BCUT2D eigenvalue weighted by Crippen LogP contribution is 2.31. The average Bonchev–Trinajstić information content (AvgIpc) is 2.42. The first-order valence-corrected chi connectivity index (χ1v) is 6.42. The molecule has 0 amide bonds. The third-order valence-electron chi connectivity index (χ3n) is 3.82. The molecule has 1 aliphatic heterocycles. The Morgan fingerprint density at radius 1 is 1.33 bits per heavy atom. The van der Waals surface area contributed by atoms with Crippen LogP contribution < -0.4 is 4.74 Å². The molecule has 1 aromatic rings. The van der Waals surface area contributed by atoms with Crippen molar-refractivity contribution < 1.29 is 4.74 Å². The van der Waals surface area contributed by atoms with E-state index in [1.807, 2.05) is 18.2 Å². The minimum absolute atomic E-state index is 0.128. The van der Waals surface area contributed by atoms with Crippen LogP contribution in [0.1, 0.15) is 25.3 Å². The summed E-state index contributed by atoms with van der Waals surface area (Å²) in [7, 11) is 1.71. The molecule has 1 aromatic carbocycles. The lowest BCUT2D eigenvalue weighted by atomic mass is 9.82. The molecule has 0 atom stereocenters. The minimum atomic E-state index is -0.128. The van der Waals surface area contributed by atoms with Crippen LogP contribution in [0.25, 0.3) is 0 Å². The maximum absolute atomic E-state index is 9.12. The van der Waals surface area contributed by atoms with E-state index in [-0.39, 0.29) is 5.41 Å². The minimum Gasteiger partial charge on any atom is -0.496 e. The van der Waals surface area contributed by atoms with Gasteiger partial charge in [-0.3, -0.25) is 4.90 Å². The molecule has 96 valence electrons. The molecule has 1 heterocycles. The smallest absolute Gasteiger partial charge is 0.123 e. The molecule has 0 bridgehead atoms. The van der Waals surface area contributed by atoms with Crippen molar-refractivity contribution in [3.8, 4) is 11.8 Å². The van der Waals surface area contributed by atoms with E-state index in [0.29, 0.717) is 0 Å². The maximum atomic E-state index is 9.12. The largest absolute Gasteiger partial charge is 0.496 e. The number of likely N-dealkylation sites (tertiary alicyclic amines) is 1. The molecule has 0 unspecified atom stereocenters. The summed E-state index contributed by atoms with van der Waals surface area (Å²) >= 11 is 0. The Morgan fingerprint density at radius 3 is 2.61 bits per heavy atom.